The number of carbonyl (C=O) groups is 4. The maximum Gasteiger partial charge on any atom is 0.336 e. The lowest BCUT2D eigenvalue weighted by Crippen LogP contribution is -2.58. The van der Waals surface area contributed by atoms with Crippen molar-refractivity contribution >= 4 is 36.0 Å². The summed E-state index contributed by atoms with van der Waals surface area (Å²) in [7, 11) is 0. The van der Waals surface area contributed by atoms with E-state index >= 15 is 0 Å². The fraction of sp³-hybridized carbons (Fsp3) is 0.259. The van der Waals surface area contributed by atoms with Crippen LogP contribution in [0.2, 0.25) is 0 Å². The van der Waals surface area contributed by atoms with Crippen LogP contribution in [0.4, 0.5) is 4.79 Å². The summed E-state index contributed by atoms with van der Waals surface area (Å²) in [6, 6.07) is 15.1. The number of benzene rings is 2. The first-order valence-corrected chi connectivity index (χ1v) is 11.4. The molecule has 1 heterocycles. The van der Waals surface area contributed by atoms with Crippen LogP contribution in [-0.4, -0.2) is 34.8 Å². The van der Waals surface area contributed by atoms with E-state index in [2.05, 4.69) is 5.32 Å². The first-order valence-electron chi connectivity index (χ1n) is 11.4. The predicted molar refractivity (Wildman–Crippen MR) is 125 cm³/mol. The van der Waals surface area contributed by atoms with Crippen LogP contribution in [-0.2, 0) is 14.4 Å². The van der Waals surface area contributed by atoms with Gasteiger partial charge in [-0.3, -0.25) is 19.8 Å². The molecule has 34 heavy (non-hydrogen) atoms. The third-order valence-corrected chi connectivity index (χ3v) is 6.81. The summed E-state index contributed by atoms with van der Waals surface area (Å²) in [5.74, 6) is -0.908. The smallest absolute Gasteiger partial charge is 0.336 e. The van der Waals surface area contributed by atoms with Crippen LogP contribution >= 0.6 is 0 Å². The van der Waals surface area contributed by atoms with E-state index in [0.717, 1.165) is 31.2 Å². The molecule has 2 aliphatic carbocycles. The molecule has 1 saturated heterocycles. The summed E-state index contributed by atoms with van der Waals surface area (Å²) in [6.07, 6.45) is 8.26. The van der Waals surface area contributed by atoms with E-state index in [-0.39, 0.29) is 17.4 Å². The number of imide groups is 2. The zero-order valence-corrected chi connectivity index (χ0v) is 18.5. The highest BCUT2D eigenvalue weighted by Crippen LogP contribution is 2.47. The minimum absolute atomic E-state index is 0.147. The Hall–Kier alpha value is -4.00. The molecule has 5 rings (SSSR count). The molecule has 2 aromatic carbocycles. The molecule has 7 nitrogen and oxygen atoms in total. The molecule has 1 aliphatic heterocycles. The third kappa shape index (κ3) is 4.29. The minimum Gasteiger partial charge on any atom is -0.423 e. The number of nitrogens with one attached hydrogen (secondary N) is 1. The zero-order chi connectivity index (χ0) is 23.7. The summed E-state index contributed by atoms with van der Waals surface area (Å²) < 4.78 is 5.47. The number of urea groups is 1. The van der Waals surface area contributed by atoms with Crippen molar-refractivity contribution in [2.45, 2.75) is 31.7 Å². The number of barbiturate groups is 1. The Bertz CT molecular complexity index is 1220. The Morgan fingerprint density at radius 1 is 0.971 bits per heavy atom. The Labute approximate surface area is 197 Å². The van der Waals surface area contributed by atoms with E-state index in [1.807, 2.05) is 30.3 Å². The second kappa shape index (κ2) is 9.09. The Balaban J connectivity index is 1.38. The van der Waals surface area contributed by atoms with Crippen molar-refractivity contribution in [3.8, 4) is 5.75 Å². The molecular weight excluding hydrogens is 432 g/mol. The lowest BCUT2D eigenvalue weighted by Gasteiger charge is -2.35. The van der Waals surface area contributed by atoms with Crippen molar-refractivity contribution in [1.82, 2.24) is 10.2 Å². The van der Waals surface area contributed by atoms with Gasteiger partial charge in [-0.25, -0.2) is 9.59 Å². The topological polar surface area (TPSA) is 92.8 Å². The summed E-state index contributed by atoms with van der Waals surface area (Å²) in [5, 5.41) is 2.31. The zero-order valence-electron chi connectivity index (χ0n) is 18.5. The van der Waals surface area contributed by atoms with Gasteiger partial charge >= 0.3 is 12.0 Å². The average Bonchev–Trinajstić information content (AvgIpc) is 3.46. The van der Waals surface area contributed by atoms with E-state index in [4.69, 9.17) is 4.74 Å². The number of nitrogens with zero attached hydrogens (tertiary/aromatic N) is 1. The van der Waals surface area contributed by atoms with E-state index < -0.39 is 23.8 Å². The number of fused-ring (bicyclic) bond motifs is 2. The molecule has 1 N–H and O–H groups in total. The first-order chi connectivity index (χ1) is 16.5. The lowest BCUT2D eigenvalue weighted by atomic mass is 9.93. The van der Waals surface area contributed by atoms with Gasteiger partial charge in [0.2, 0.25) is 0 Å². The van der Waals surface area contributed by atoms with Gasteiger partial charge in [0.15, 0.2) is 0 Å². The van der Waals surface area contributed by atoms with E-state index in [0.29, 0.717) is 17.4 Å². The van der Waals surface area contributed by atoms with Crippen LogP contribution in [0.1, 0.15) is 36.8 Å². The molecule has 0 unspecified atom stereocenters. The van der Waals surface area contributed by atoms with E-state index in [1.54, 1.807) is 30.3 Å². The molecule has 0 spiro atoms. The van der Waals surface area contributed by atoms with Gasteiger partial charge in [-0.1, -0.05) is 55.0 Å². The van der Waals surface area contributed by atoms with Crippen LogP contribution in [0.15, 0.2) is 66.2 Å². The number of esters is 1. The van der Waals surface area contributed by atoms with Crippen LogP contribution in [0.5, 0.6) is 5.75 Å². The lowest BCUT2D eigenvalue weighted by molar-refractivity contribution is -0.132. The van der Waals surface area contributed by atoms with Crippen molar-refractivity contribution < 1.29 is 23.9 Å². The SMILES string of the molecule is O=C(/C=C/c1ccccc1)Oc1ccccc1/C=C1/C(=O)NC(=O)N([C@@H]2C[C@H]3CC[C@H]2C3)C1=O. The maximum atomic E-state index is 13.3. The molecule has 172 valence electrons. The number of ether oxygens (including phenoxy) is 1. The van der Waals surface area contributed by atoms with Gasteiger partial charge in [-0.2, -0.15) is 0 Å². The molecule has 0 radical (unpaired) electrons. The normalized spacial score (nSPS) is 25.3. The largest absolute Gasteiger partial charge is 0.423 e. The van der Waals surface area contributed by atoms with Gasteiger partial charge in [-0.05, 0) is 54.9 Å². The number of amides is 4. The maximum absolute atomic E-state index is 13.3. The van der Waals surface area contributed by atoms with Crippen molar-refractivity contribution in [2.24, 2.45) is 11.8 Å². The molecule has 3 atom stereocenters. The van der Waals surface area contributed by atoms with Crippen molar-refractivity contribution in [3.63, 3.8) is 0 Å². The van der Waals surface area contributed by atoms with Crippen molar-refractivity contribution in [1.29, 1.82) is 0 Å². The van der Waals surface area contributed by atoms with Gasteiger partial charge < -0.3 is 4.74 Å². The number of hydrogen-bond acceptors (Lipinski definition) is 5. The molecular formula is C27H24N2O5. The summed E-state index contributed by atoms with van der Waals surface area (Å²) in [4.78, 5) is 52.0. The molecule has 7 heteroatoms. The molecule has 3 aliphatic rings. The standard InChI is InChI=1S/C27H24N2O5/c30-24(13-11-17-6-2-1-3-7-17)34-23-9-5-4-8-20(23)16-21-25(31)28-27(33)29(26(21)32)22-15-18-10-12-19(22)14-18/h1-9,11,13,16,18-19,22H,10,12,14-15H2,(H,28,31,33)/b13-11+,21-16-/t18-,19-,22+/m0/s1. The van der Waals surface area contributed by atoms with Gasteiger partial charge in [0.1, 0.15) is 11.3 Å². The quantitative estimate of drug-likeness (QED) is 0.318. The van der Waals surface area contributed by atoms with Crippen molar-refractivity contribution in [3.05, 3.63) is 77.4 Å². The molecule has 2 bridgehead atoms. The van der Waals surface area contributed by atoms with E-state index in [1.165, 1.54) is 17.1 Å². The minimum atomic E-state index is -0.750. The number of carbonyl (C=O) groups excluding carboxylic acids is 4. The third-order valence-electron chi connectivity index (χ3n) is 6.81. The van der Waals surface area contributed by atoms with Crippen LogP contribution in [0.25, 0.3) is 12.2 Å². The molecule has 3 fully saturated rings. The Morgan fingerprint density at radius 3 is 2.47 bits per heavy atom. The number of hydrogen-bond donors (Lipinski definition) is 1. The highest BCUT2D eigenvalue weighted by molar-refractivity contribution is 6.31. The fourth-order valence-corrected chi connectivity index (χ4v) is 5.22. The van der Waals surface area contributed by atoms with Crippen LogP contribution < -0.4 is 10.1 Å². The predicted octanol–water partition coefficient (Wildman–Crippen LogP) is 3.96. The van der Waals surface area contributed by atoms with Crippen LogP contribution in [0.3, 0.4) is 0 Å². The van der Waals surface area contributed by atoms with E-state index in [9.17, 15) is 19.2 Å². The summed E-state index contributed by atoms with van der Waals surface area (Å²) in [5.41, 5.74) is 1.10. The van der Waals surface area contributed by atoms with Crippen LogP contribution in [0, 0.1) is 11.8 Å². The molecule has 0 aromatic heterocycles. The fourth-order valence-electron chi connectivity index (χ4n) is 5.22. The summed E-state index contributed by atoms with van der Waals surface area (Å²) >= 11 is 0. The van der Waals surface area contributed by atoms with Gasteiger partial charge in [-0.15, -0.1) is 0 Å². The second-order valence-corrected chi connectivity index (χ2v) is 8.94. The highest BCUT2D eigenvalue weighted by Gasteiger charge is 2.49. The molecule has 2 saturated carbocycles. The molecule has 4 amide bonds. The first kappa shape index (κ1) is 21.8. The average molecular weight is 456 g/mol. The van der Waals surface area contributed by atoms with Gasteiger partial charge in [0.25, 0.3) is 11.8 Å². The summed E-state index contributed by atoms with van der Waals surface area (Å²) in [6.45, 7) is 0. The molecule has 2 aromatic rings. The van der Waals surface area contributed by atoms with Gasteiger partial charge in [0.05, 0.1) is 0 Å². The number of rotatable bonds is 5. The Morgan fingerprint density at radius 2 is 1.74 bits per heavy atom. The Kier molecular flexibility index (Phi) is 5.84. The highest BCUT2D eigenvalue weighted by atomic mass is 16.5. The number of para-hydroxylation sites is 1. The monoisotopic (exact) mass is 456 g/mol. The second-order valence-electron chi connectivity index (χ2n) is 8.94. The van der Waals surface area contributed by atoms with Crippen molar-refractivity contribution in [2.75, 3.05) is 0 Å². The van der Waals surface area contributed by atoms with Gasteiger partial charge in [0, 0.05) is 17.7 Å².